The predicted molar refractivity (Wildman–Crippen MR) is 141 cm³/mol. The van der Waals surface area contributed by atoms with E-state index in [-0.39, 0.29) is 16.6 Å². The number of nitrogens with two attached hydrogens (primary N) is 2. The van der Waals surface area contributed by atoms with Gasteiger partial charge in [-0.2, -0.15) is 0 Å². The zero-order chi connectivity index (χ0) is 25.9. The largest absolute Gasteiger partial charge is 0.384 e. The summed E-state index contributed by atoms with van der Waals surface area (Å²) in [7, 11) is -3.88. The molecule has 184 valence electrons. The molecule has 0 spiro atoms. The number of nitrogens with one attached hydrogen (secondary N) is 2. The Morgan fingerprint density at radius 3 is 2.25 bits per heavy atom. The lowest BCUT2D eigenvalue weighted by molar-refractivity contribution is 0.0956. The summed E-state index contributed by atoms with van der Waals surface area (Å²) in [5.41, 5.74) is 10.5. The van der Waals surface area contributed by atoms with Crippen LogP contribution in [0.2, 0.25) is 0 Å². The van der Waals surface area contributed by atoms with Crippen LogP contribution < -0.4 is 16.2 Å². The van der Waals surface area contributed by atoms with E-state index in [1.807, 2.05) is 60.2 Å². The van der Waals surface area contributed by atoms with Crippen molar-refractivity contribution in [2.24, 2.45) is 10.9 Å². The van der Waals surface area contributed by atoms with Crippen molar-refractivity contribution in [3.63, 3.8) is 0 Å². The zero-order valence-corrected chi connectivity index (χ0v) is 20.5. The molecular formula is C27H27N5O3S. The molecule has 0 aliphatic rings. The number of hydrogen-bond acceptors (Lipinski definition) is 4. The van der Waals surface area contributed by atoms with Crippen molar-refractivity contribution in [1.82, 2.24) is 9.88 Å². The van der Waals surface area contributed by atoms with Gasteiger partial charge in [-0.05, 0) is 35.7 Å². The topological polar surface area (TPSA) is 144 Å². The zero-order valence-electron chi connectivity index (χ0n) is 19.7. The van der Waals surface area contributed by atoms with Crippen molar-refractivity contribution in [2.75, 3.05) is 6.54 Å². The molecule has 36 heavy (non-hydrogen) atoms. The first-order chi connectivity index (χ1) is 17.2. The normalized spacial score (nSPS) is 11.3. The Kier molecular flexibility index (Phi) is 7.05. The molecule has 0 aliphatic carbocycles. The molecule has 4 aromatic rings. The van der Waals surface area contributed by atoms with E-state index in [1.54, 1.807) is 30.5 Å². The summed E-state index contributed by atoms with van der Waals surface area (Å²) in [6.45, 7) is 2.85. The molecule has 0 atom stereocenters. The first-order valence-electron chi connectivity index (χ1n) is 11.3. The fraction of sp³-hybridized carbons (Fsp3) is 0.111. The number of rotatable bonds is 8. The van der Waals surface area contributed by atoms with Crippen molar-refractivity contribution in [2.45, 2.75) is 18.4 Å². The number of hydrogen-bond donors (Lipinski definition) is 4. The summed E-state index contributed by atoms with van der Waals surface area (Å²) in [6, 6.07) is 21.3. The minimum atomic E-state index is -3.88. The molecule has 0 saturated heterocycles. The van der Waals surface area contributed by atoms with Crippen LogP contribution in [-0.2, 0) is 16.6 Å². The molecule has 1 aromatic heterocycles. The highest BCUT2D eigenvalue weighted by Crippen LogP contribution is 2.31. The number of sulfonamides is 1. The lowest BCUT2D eigenvalue weighted by Gasteiger charge is -2.09. The number of benzene rings is 3. The third-order valence-corrected chi connectivity index (χ3v) is 6.73. The predicted octanol–water partition coefficient (Wildman–Crippen LogP) is 3.55. The molecule has 0 aliphatic heterocycles. The van der Waals surface area contributed by atoms with Crippen LogP contribution in [0.3, 0.4) is 0 Å². The summed E-state index contributed by atoms with van der Waals surface area (Å²) in [5, 5.41) is 15.9. The van der Waals surface area contributed by atoms with Gasteiger partial charge >= 0.3 is 0 Å². The molecular weight excluding hydrogens is 474 g/mol. The van der Waals surface area contributed by atoms with Gasteiger partial charge in [-0.3, -0.25) is 10.2 Å². The molecule has 0 radical (unpaired) electrons. The summed E-state index contributed by atoms with van der Waals surface area (Å²) in [5.74, 6) is -0.190. The Hall–Kier alpha value is -4.21. The highest BCUT2D eigenvalue weighted by Gasteiger charge is 2.18. The molecule has 0 unspecified atom stereocenters. The van der Waals surface area contributed by atoms with E-state index >= 15 is 0 Å². The quantitative estimate of drug-likeness (QED) is 0.216. The second kappa shape index (κ2) is 10.2. The minimum Gasteiger partial charge on any atom is -0.384 e. The van der Waals surface area contributed by atoms with E-state index in [1.165, 1.54) is 6.07 Å². The average molecular weight is 502 g/mol. The maximum atomic E-state index is 12.8. The van der Waals surface area contributed by atoms with Crippen molar-refractivity contribution in [1.29, 1.82) is 5.41 Å². The number of aromatic nitrogens is 1. The number of amidine groups is 1. The van der Waals surface area contributed by atoms with Gasteiger partial charge < -0.3 is 15.6 Å². The average Bonchev–Trinajstić information content (AvgIpc) is 3.28. The number of nitrogen functional groups attached to an aromatic ring is 1. The number of carbonyl (C=O) groups is 1. The monoisotopic (exact) mass is 501 g/mol. The molecule has 4 rings (SSSR count). The third kappa shape index (κ3) is 5.37. The van der Waals surface area contributed by atoms with E-state index in [9.17, 15) is 13.2 Å². The fourth-order valence-corrected chi connectivity index (χ4v) is 4.86. The van der Waals surface area contributed by atoms with E-state index in [0.717, 1.165) is 16.7 Å². The van der Waals surface area contributed by atoms with E-state index in [4.69, 9.17) is 16.3 Å². The van der Waals surface area contributed by atoms with Gasteiger partial charge in [0.25, 0.3) is 5.91 Å². The maximum Gasteiger partial charge on any atom is 0.253 e. The molecule has 8 nitrogen and oxygen atoms in total. The summed E-state index contributed by atoms with van der Waals surface area (Å²) in [4.78, 5) is 12.9. The molecule has 0 saturated carbocycles. The van der Waals surface area contributed by atoms with Crippen molar-refractivity contribution in [3.05, 3.63) is 102 Å². The van der Waals surface area contributed by atoms with Crippen LogP contribution in [0.15, 0.2) is 90.1 Å². The van der Waals surface area contributed by atoms with E-state index < -0.39 is 10.0 Å². The van der Waals surface area contributed by atoms with Gasteiger partial charge in [0.1, 0.15) is 5.84 Å². The van der Waals surface area contributed by atoms with Crippen LogP contribution in [-0.4, -0.2) is 31.3 Å². The van der Waals surface area contributed by atoms with Crippen LogP contribution in [0, 0.1) is 5.41 Å². The first-order valence-corrected chi connectivity index (χ1v) is 12.9. The van der Waals surface area contributed by atoms with Gasteiger partial charge in [-0.1, -0.05) is 60.7 Å². The molecule has 6 N–H and O–H groups in total. The Morgan fingerprint density at radius 2 is 1.61 bits per heavy atom. The number of nitrogens with zero attached hydrogens (tertiary/aromatic N) is 1. The van der Waals surface area contributed by atoms with Gasteiger partial charge in [-0.15, -0.1) is 0 Å². The third-order valence-electron chi connectivity index (χ3n) is 5.77. The smallest absolute Gasteiger partial charge is 0.253 e. The van der Waals surface area contributed by atoms with Gasteiger partial charge in [0.15, 0.2) is 0 Å². The SMILES string of the molecule is CCNC(=O)c1cn(Cc2cccc(C(=N)N)c2)cc1-c1ccc(-c2ccccc2S(N)(=O)=O)cc1. The molecule has 1 heterocycles. The number of primary sulfonamides is 1. The lowest BCUT2D eigenvalue weighted by atomic mass is 9.99. The second-order valence-corrected chi connectivity index (χ2v) is 9.88. The fourth-order valence-electron chi connectivity index (χ4n) is 4.10. The molecule has 0 fully saturated rings. The Bertz CT molecular complexity index is 1540. The van der Waals surface area contributed by atoms with Crippen LogP contribution in [0.25, 0.3) is 22.3 Å². The van der Waals surface area contributed by atoms with Crippen molar-refractivity contribution < 1.29 is 13.2 Å². The van der Waals surface area contributed by atoms with Crippen LogP contribution in [0.1, 0.15) is 28.4 Å². The van der Waals surface area contributed by atoms with Crippen LogP contribution >= 0.6 is 0 Å². The van der Waals surface area contributed by atoms with E-state index in [2.05, 4.69) is 5.32 Å². The highest BCUT2D eigenvalue weighted by atomic mass is 32.2. The Morgan fingerprint density at radius 1 is 0.944 bits per heavy atom. The van der Waals surface area contributed by atoms with Crippen LogP contribution in [0.4, 0.5) is 0 Å². The minimum absolute atomic E-state index is 0.00263. The van der Waals surface area contributed by atoms with Crippen molar-refractivity contribution >= 4 is 21.8 Å². The first kappa shape index (κ1) is 24.9. The second-order valence-electron chi connectivity index (χ2n) is 8.35. The van der Waals surface area contributed by atoms with E-state index in [0.29, 0.717) is 35.3 Å². The lowest BCUT2D eigenvalue weighted by Crippen LogP contribution is -2.22. The Balaban J connectivity index is 1.72. The number of carbonyl (C=O) groups excluding carboxylic acids is 1. The number of amides is 1. The van der Waals surface area contributed by atoms with Gasteiger partial charge in [-0.25, -0.2) is 13.6 Å². The standard InChI is InChI=1S/C27H27N5O3S/c1-2-31-27(33)24-17-32(15-18-6-5-7-21(14-18)26(28)29)16-23(24)20-12-10-19(11-13-20)22-8-3-4-9-25(22)36(30,34)35/h3-14,16-17H,2,15H2,1H3,(H3,28,29)(H,31,33)(H2,30,34,35). The summed E-state index contributed by atoms with van der Waals surface area (Å²) >= 11 is 0. The summed E-state index contributed by atoms with van der Waals surface area (Å²) < 4.78 is 26.0. The molecule has 9 heteroatoms. The van der Waals surface area contributed by atoms with Crippen LogP contribution in [0.5, 0.6) is 0 Å². The Labute approximate surface area is 210 Å². The van der Waals surface area contributed by atoms with Crippen molar-refractivity contribution in [3.8, 4) is 22.3 Å². The van der Waals surface area contributed by atoms with Gasteiger partial charge in [0, 0.05) is 42.2 Å². The maximum absolute atomic E-state index is 12.8. The molecule has 1 amide bonds. The van der Waals surface area contributed by atoms with Gasteiger partial charge in [0.2, 0.25) is 10.0 Å². The van der Waals surface area contributed by atoms with Gasteiger partial charge in [0.05, 0.1) is 10.5 Å². The molecule has 0 bridgehead atoms. The molecule has 3 aromatic carbocycles. The summed E-state index contributed by atoms with van der Waals surface area (Å²) in [6.07, 6.45) is 3.70. The highest BCUT2D eigenvalue weighted by molar-refractivity contribution is 7.89.